The zero-order valence-corrected chi connectivity index (χ0v) is 9.75. The fraction of sp³-hybridized carbons (Fsp3) is 0.917. The van der Waals surface area contributed by atoms with Gasteiger partial charge >= 0.3 is 0 Å². The molecule has 3 atom stereocenters. The summed E-state index contributed by atoms with van der Waals surface area (Å²) in [6, 6.07) is 0.340. The van der Waals surface area contributed by atoms with Crippen molar-refractivity contribution in [2.45, 2.75) is 39.2 Å². The summed E-state index contributed by atoms with van der Waals surface area (Å²) in [4.78, 5) is 11.9. The van der Waals surface area contributed by atoms with Gasteiger partial charge in [-0.25, -0.2) is 0 Å². The molecule has 3 unspecified atom stereocenters. The van der Waals surface area contributed by atoms with Gasteiger partial charge in [-0.2, -0.15) is 0 Å². The van der Waals surface area contributed by atoms with Crippen LogP contribution in [0, 0.1) is 17.8 Å². The number of hydrogen-bond donors (Lipinski definition) is 2. The van der Waals surface area contributed by atoms with Gasteiger partial charge in [-0.3, -0.25) is 4.79 Å². The van der Waals surface area contributed by atoms with Crippen molar-refractivity contribution in [3.05, 3.63) is 0 Å². The van der Waals surface area contributed by atoms with E-state index in [0.29, 0.717) is 17.9 Å². The molecule has 0 spiro atoms. The van der Waals surface area contributed by atoms with Crippen LogP contribution in [0.5, 0.6) is 0 Å². The first-order valence-electron chi connectivity index (χ1n) is 6.19. The lowest BCUT2D eigenvalue weighted by molar-refractivity contribution is -0.126. The Morgan fingerprint density at radius 2 is 2.13 bits per heavy atom. The van der Waals surface area contributed by atoms with E-state index in [1.54, 1.807) is 0 Å². The Bertz CT molecular complexity index is 238. The van der Waals surface area contributed by atoms with Crippen molar-refractivity contribution in [3.8, 4) is 0 Å². The fourth-order valence-corrected chi connectivity index (χ4v) is 2.31. The highest BCUT2D eigenvalue weighted by molar-refractivity contribution is 5.79. The Hall–Kier alpha value is -0.570. The third kappa shape index (κ3) is 2.71. The van der Waals surface area contributed by atoms with Crippen LogP contribution < -0.4 is 10.6 Å². The normalized spacial score (nSPS) is 33.5. The average molecular weight is 210 g/mol. The molecule has 2 rings (SSSR count). The van der Waals surface area contributed by atoms with E-state index in [9.17, 15) is 4.79 Å². The summed E-state index contributed by atoms with van der Waals surface area (Å²) in [5.41, 5.74) is 0. The summed E-state index contributed by atoms with van der Waals surface area (Å²) in [5, 5.41) is 6.53. The molecule has 86 valence electrons. The maximum absolute atomic E-state index is 11.9. The molecule has 1 saturated carbocycles. The van der Waals surface area contributed by atoms with Gasteiger partial charge in [-0.1, -0.05) is 13.8 Å². The van der Waals surface area contributed by atoms with E-state index >= 15 is 0 Å². The largest absolute Gasteiger partial charge is 0.352 e. The average Bonchev–Trinajstić information content (AvgIpc) is 3.04. The van der Waals surface area contributed by atoms with E-state index in [1.807, 2.05) is 0 Å². The van der Waals surface area contributed by atoms with Crippen molar-refractivity contribution >= 4 is 5.91 Å². The molecule has 1 aliphatic heterocycles. The number of amides is 1. The zero-order chi connectivity index (χ0) is 10.8. The number of carbonyl (C=O) groups excluding carboxylic acids is 1. The molecule has 2 aliphatic rings. The van der Waals surface area contributed by atoms with Gasteiger partial charge in [0.25, 0.3) is 0 Å². The molecule has 0 aromatic heterocycles. The Morgan fingerprint density at radius 3 is 2.73 bits per heavy atom. The minimum absolute atomic E-state index is 0.221. The molecule has 0 bridgehead atoms. The highest BCUT2D eigenvalue weighted by Crippen LogP contribution is 2.36. The van der Waals surface area contributed by atoms with Crippen molar-refractivity contribution in [3.63, 3.8) is 0 Å². The third-order valence-electron chi connectivity index (χ3n) is 3.90. The molecule has 3 heteroatoms. The Kier molecular flexibility index (Phi) is 3.29. The predicted octanol–water partition coefficient (Wildman–Crippen LogP) is 1.15. The molecule has 1 amide bonds. The minimum atomic E-state index is 0.221. The molecule has 1 aliphatic carbocycles. The highest BCUT2D eigenvalue weighted by atomic mass is 16.2. The van der Waals surface area contributed by atoms with Gasteiger partial charge in [0.15, 0.2) is 0 Å². The van der Waals surface area contributed by atoms with Crippen molar-refractivity contribution in [2.75, 3.05) is 13.1 Å². The number of nitrogens with one attached hydrogen (secondary N) is 2. The second kappa shape index (κ2) is 4.52. The van der Waals surface area contributed by atoms with Crippen molar-refractivity contribution in [2.24, 2.45) is 17.8 Å². The SMILES string of the molecule is CC1CCNCC1NC(=O)C(C)C1CC1. The number of piperidine rings is 1. The molecule has 0 radical (unpaired) electrons. The summed E-state index contributed by atoms with van der Waals surface area (Å²) in [7, 11) is 0. The maximum Gasteiger partial charge on any atom is 0.223 e. The van der Waals surface area contributed by atoms with Crippen LogP contribution in [0.1, 0.15) is 33.1 Å². The fourth-order valence-electron chi connectivity index (χ4n) is 2.31. The van der Waals surface area contributed by atoms with Gasteiger partial charge in [-0.15, -0.1) is 0 Å². The van der Waals surface area contributed by atoms with Crippen LogP contribution in [0.25, 0.3) is 0 Å². The number of carbonyl (C=O) groups is 1. The van der Waals surface area contributed by atoms with Gasteiger partial charge in [0.05, 0.1) is 0 Å². The van der Waals surface area contributed by atoms with Gasteiger partial charge in [-0.05, 0) is 37.6 Å². The molecule has 15 heavy (non-hydrogen) atoms. The Labute approximate surface area is 92.0 Å². The molecular formula is C12H22N2O. The van der Waals surface area contributed by atoms with Crippen LogP contribution in [-0.2, 0) is 4.79 Å². The van der Waals surface area contributed by atoms with Crippen molar-refractivity contribution in [1.29, 1.82) is 0 Å². The summed E-state index contributed by atoms with van der Waals surface area (Å²) < 4.78 is 0. The first-order chi connectivity index (χ1) is 7.18. The number of hydrogen-bond acceptors (Lipinski definition) is 2. The second-order valence-corrected chi connectivity index (χ2v) is 5.21. The topological polar surface area (TPSA) is 41.1 Å². The molecule has 0 aromatic rings. The first kappa shape index (κ1) is 10.9. The molecule has 1 saturated heterocycles. The van der Waals surface area contributed by atoms with E-state index in [1.165, 1.54) is 19.3 Å². The van der Waals surface area contributed by atoms with Crippen LogP contribution in [0.4, 0.5) is 0 Å². The van der Waals surface area contributed by atoms with Crippen LogP contribution in [0.3, 0.4) is 0 Å². The van der Waals surface area contributed by atoms with Gasteiger partial charge in [0.1, 0.15) is 0 Å². The quantitative estimate of drug-likeness (QED) is 0.733. The van der Waals surface area contributed by atoms with Crippen molar-refractivity contribution in [1.82, 2.24) is 10.6 Å². The van der Waals surface area contributed by atoms with E-state index in [2.05, 4.69) is 24.5 Å². The van der Waals surface area contributed by atoms with E-state index < -0.39 is 0 Å². The molecule has 1 heterocycles. The summed E-state index contributed by atoms with van der Waals surface area (Å²) in [6.45, 7) is 6.32. The monoisotopic (exact) mass is 210 g/mol. The van der Waals surface area contributed by atoms with E-state index in [-0.39, 0.29) is 11.8 Å². The smallest absolute Gasteiger partial charge is 0.223 e. The Morgan fingerprint density at radius 1 is 1.40 bits per heavy atom. The standard InChI is InChI=1S/C12H22N2O/c1-8-5-6-13-7-11(8)14-12(15)9(2)10-3-4-10/h8-11,13H,3-7H2,1-2H3,(H,14,15). The summed E-state index contributed by atoms with van der Waals surface area (Å²) in [6.07, 6.45) is 3.66. The van der Waals surface area contributed by atoms with Crippen molar-refractivity contribution < 1.29 is 4.79 Å². The first-order valence-corrected chi connectivity index (χ1v) is 6.19. The lowest BCUT2D eigenvalue weighted by Crippen LogP contribution is -2.51. The van der Waals surface area contributed by atoms with Crippen LogP contribution >= 0.6 is 0 Å². The molecule has 2 N–H and O–H groups in total. The summed E-state index contributed by atoms with van der Waals surface area (Å²) >= 11 is 0. The zero-order valence-electron chi connectivity index (χ0n) is 9.75. The van der Waals surface area contributed by atoms with Crippen LogP contribution in [-0.4, -0.2) is 25.0 Å². The molecular weight excluding hydrogens is 188 g/mol. The van der Waals surface area contributed by atoms with Crippen LogP contribution in [0.15, 0.2) is 0 Å². The molecule has 3 nitrogen and oxygen atoms in total. The van der Waals surface area contributed by atoms with Crippen LogP contribution in [0.2, 0.25) is 0 Å². The second-order valence-electron chi connectivity index (χ2n) is 5.21. The third-order valence-corrected chi connectivity index (χ3v) is 3.90. The molecule has 0 aromatic carbocycles. The summed E-state index contributed by atoms with van der Waals surface area (Å²) in [5.74, 6) is 1.76. The number of rotatable bonds is 3. The predicted molar refractivity (Wildman–Crippen MR) is 60.5 cm³/mol. The van der Waals surface area contributed by atoms with E-state index in [0.717, 1.165) is 13.1 Å². The maximum atomic E-state index is 11.9. The molecule has 2 fully saturated rings. The van der Waals surface area contributed by atoms with Gasteiger partial charge < -0.3 is 10.6 Å². The highest BCUT2D eigenvalue weighted by Gasteiger charge is 2.34. The minimum Gasteiger partial charge on any atom is -0.352 e. The lowest BCUT2D eigenvalue weighted by Gasteiger charge is -2.31. The van der Waals surface area contributed by atoms with Gasteiger partial charge in [0.2, 0.25) is 5.91 Å². The van der Waals surface area contributed by atoms with E-state index in [4.69, 9.17) is 0 Å². The van der Waals surface area contributed by atoms with Gasteiger partial charge in [0, 0.05) is 18.5 Å². The lowest BCUT2D eigenvalue weighted by atomic mass is 9.94. The Balaban J connectivity index is 1.81.